The topological polar surface area (TPSA) is 27.7 Å². The van der Waals surface area contributed by atoms with Crippen LogP contribution in [0.15, 0.2) is 29.8 Å². The van der Waals surface area contributed by atoms with Gasteiger partial charge in [0.1, 0.15) is 0 Å². The van der Waals surface area contributed by atoms with Crippen molar-refractivity contribution in [3.05, 3.63) is 54.9 Å². The Labute approximate surface area is 375 Å². The molecule has 57 heavy (non-hydrogen) atoms. The number of allylic oxidation sites excluding steroid dienone is 2. The van der Waals surface area contributed by atoms with E-state index in [4.69, 9.17) is 14.2 Å². The van der Waals surface area contributed by atoms with Crippen molar-refractivity contribution in [3.63, 3.8) is 0 Å². The van der Waals surface area contributed by atoms with Crippen LogP contribution in [0.4, 0.5) is 0 Å². The van der Waals surface area contributed by atoms with Crippen LogP contribution in [0.5, 0.6) is 0 Å². The van der Waals surface area contributed by atoms with Crippen molar-refractivity contribution in [2.75, 3.05) is 37.1 Å². The zero-order valence-electron chi connectivity index (χ0n) is 39.0. The van der Waals surface area contributed by atoms with E-state index >= 15 is 0 Å². The van der Waals surface area contributed by atoms with E-state index in [0.29, 0.717) is 11.4 Å². The standard InChI is InChI=1S/C9H12S.C8H16.C8H14.C6H12O2.C6H12OS.C6H12S2.C6H8S.H2/c1-6-3-8-5-7(2)10-9(8)4-6;2*1-7-3-5-8(2)6-4-7;3*1-5-3-7-6(2)8-4-5;1-5-3-4-6(2)7-5;/h5-6H,3-4H2,1-2H3;7-8H,3-6H2,1-2H3;3,8H,4-6H2,1-2H3;3*5-6H,3-4H2,1-2H3;3-4H,1-2H3;1H. The average Bonchev–Trinajstić information content (AvgIpc) is 3.84. The zero-order valence-corrected chi connectivity index (χ0v) is 43.0. The minimum Gasteiger partial charge on any atom is -0.368 e. The Morgan fingerprint density at radius 3 is 1.46 bits per heavy atom. The minimum absolute atomic E-state index is 0. The van der Waals surface area contributed by atoms with Crippen LogP contribution >= 0.6 is 58.0 Å². The lowest BCUT2D eigenvalue weighted by atomic mass is 9.84. The van der Waals surface area contributed by atoms with Crippen LogP contribution in [0, 0.1) is 62.2 Å². The Bertz CT molecular complexity index is 1150. The van der Waals surface area contributed by atoms with Crippen molar-refractivity contribution in [1.82, 2.24) is 0 Å². The van der Waals surface area contributed by atoms with Crippen molar-refractivity contribution in [3.8, 4) is 0 Å². The molecule has 0 N–H and O–H groups in total. The molecule has 2 aromatic rings. The van der Waals surface area contributed by atoms with E-state index in [-0.39, 0.29) is 7.72 Å². The molecule has 4 unspecified atom stereocenters. The highest BCUT2D eigenvalue weighted by molar-refractivity contribution is 8.17. The quantitative estimate of drug-likeness (QED) is 0.245. The third kappa shape index (κ3) is 26.2. The summed E-state index contributed by atoms with van der Waals surface area (Å²) in [6.45, 7) is 33.7. The number of thiophene rings is 2. The van der Waals surface area contributed by atoms with Gasteiger partial charge in [0.15, 0.2) is 6.29 Å². The van der Waals surface area contributed by atoms with Crippen LogP contribution in [0.25, 0.3) is 0 Å². The maximum absolute atomic E-state index is 5.35. The van der Waals surface area contributed by atoms with E-state index in [2.05, 4.69) is 138 Å². The van der Waals surface area contributed by atoms with Gasteiger partial charge >= 0.3 is 0 Å². The molecule has 0 amide bonds. The molecule has 0 bridgehead atoms. The number of aryl methyl sites for hydroxylation is 3. The lowest BCUT2D eigenvalue weighted by Crippen LogP contribution is -2.27. The van der Waals surface area contributed by atoms with Crippen LogP contribution in [-0.4, -0.2) is 53.4 Å². The number of fused-ring (bicyclic) bond motifs is 1. The molecule has 332 valence electrons. The monoisotopic (exact) mass is 885 g/mol. The van der Waals surface area contributed by atoms with Gasteiger partial charge in [0.2, 0.25) is 0 Å². The van der Waals surface area contributed by atoms with Crippen LogP contribution < -0.4 is 0 Å². The summed E-state index contributed by atoms with van der Waals surface area (Å²) in [4.78, 5) is 5.93. The molecule has 3 nitrogen and oxygen atoms in total. The first kappa shape index (κ1) is 53.2. The predicted molar refractivity (Wildman–Crippen MR) is 266 cm³/mol. The van der Waals surface area contributed by atoms with E-state index in [9.17, 15) is 0 Å². The van der Waals surface area contributed by atoms with Gasteiger partial charge in [-0.05, 0) is 151 Å². The first-order valence-corrected chi connectivity index (χ1v) is 27.2. The third-order valence-electron chi connectivity index (χ3n) is 10.9. The van der Waals surface area contributed by atoms with Gasteiger partial charge in [-0.1, -0.05) is 85.8 Å². The first-order chi connectivity index (χ1) is 27.0. The molecule has 0 spiro atoms. The van der Waals surface area contributed by atoms with Crippen molar-refractivity contribution in [2.24, 2.45) is 41.4 Å². The lowest BCUT2D eigenvalue weighted by molar-refractivity contribution is -0.187. The zero-order chi connectivity index (χ0) is 42.3. The predicted octanol–water partition coefficient (Wildman–Crippen LogP) is 16.2. The normalized spacial score (nSPS) is 31.7. The van der Waals surface area contributed by atoms with E-state index in [1.54, 1.807) is 16.0 Å². The minimum atomic E-state index is 0. The smallest absolute Gasteiger partial charge is 0.154 e. The Morgan fingerprint density at radius 2 is 1.07 bits per heavy atom. The fourth-order valence-electron chi connectivity index (χ4n) is 6.89. The second-order valence-electron chi connectivity index (χ2n) is 18.3. The highest BCUT2D eigenvalue weighted by Crippen LogP contribution is 2.34. The van der Waals surface area contributed by atoms with Crippen molar-refractivity contribution >= 4 is 58.0 Å². The van der Waals surface area contributed by atoms with Crippen LogP contribution in [0.3, 0.4) is 0 Å². The maximum Gasteiger partial charge on any atom is 0.154 e. The summed E-state index contributed by atoms with van der Waals surface area (Å²) >= 11 is 9.91. The molecule has 3 aliphatic carbocycles. The SMILES string of the molecule is CC1=CCC(C)CC1.CC1CCC(C)CC1.CC1COC(C)OC1.CC1COC(C)SC1.CC1CSC(C)SC1.Cc1cc2c(s1)CC(C)C2.Cc1ccc(C)s1.[HH]. The van der Waals surface area contributed by atoms with Crippen LogP contribution in [0.1, 0.15) is 148 Å². The third-order valence-corrected chi connectivity index (χ3v) is 17.6. The van der Waals surface area contributed by atoms with E-state index in [1.807, 2.05) is 41.4 Å². The molecule has 4 fully saturated rings. The molecule has 4 atom stereocenters. The highest BCUT2D eigenvalue weighted by Gasteiger charge is 2.19. The van der Waals surface area contributed by atoms with E-state index < -0.39 is 0 Å². The summed E-state index contributed by atoms with van der Waals surface area (Å²) in [5.41, 5.74) is 3.64. The first-order valence-electron chi connectivity index (χ1n) is 22.4. The molecular formula is C49H88O3S5. The number of hydrogen-bond donors (Lipinski definition) is 0. The average molecular weight is 886 g/mol. The van der Waals surface area contributed by atoms with Crippen LogP contribution in [0.2, 0.25) is 0 Å². The molecule has 3 saturated heterocycles. The molecular weight excluding hydrogens is 797 g/mol. The summed E-state index contributed by atoms with van der Waals surface area (Å²) < 4.78 is 16.5. The summed E-state index contributed by atoms with van der Waals surface area (Å²) in [7, 11) is 0. The number of rotatable bonds is 0. The van der Waals surface area contributed by atoms with Gasteiger partial charge < -0.3 is 14.2 Å². The lowest BCUT2D eigenvalue weighted by Gasteiger charge is -2.24. The van der Waals surface area contributed by atoms with Crippen LogP contribution in [-0.2, 0) is 27.1 Å². The van der Waals surface area contributed by atoms with Gasteiger partial charge in [0.05, 0.1) is 25.3 Å². The summed E-state index contributed by atoms with van der Waals surface area (Å²) in [6, 6.07) is 6.63. The molecule has 2 aromatic heterocycles. The van der Waals surface area contributed by atoms with Gasteiger partial charge in [-0.2, -0.15) is 0 Å². The van der Waals surface area contributed by atoms with Crippen molar-refractivity contribution < 1.29 is 15.6 Å². The number of thioether (sulfide) groups is 3. The summed E-state index contributed by atoms with van der Waals surface area (Å²) in [5.74, 6) is 10.2. The molecule has 8 heteroatoms. The fraction of sp³-hybridized carbons (Fsp3) is 0.796. The number of hydrogen-bond acceptors (Lipinski definition) is 8. The Kier molecular flexibility index (Phi) is 28.2. The molecule has 3 aliphatic heterocycles. The van der Waals surface area contributed by atoms with Gasteiger partial charge in [-0.3, -0.25) is 0 Å². The van der Waals surface area contributed by atoms with Gasteiger partial charge in [0.25, 0.3) is 0 Å². The maximum atomic E-state index is 5.35. The summed E-state index contributed by atoms with van der Waals surface area (Å²) in [5, 5.41) is 0. The largest absolute Gasteiger partial charge is 0.368 e. The molecule has 6 aliphatic rings. The summed E-state index contributed by atoms with van der Waals surface area (Å²) in [6.07, 6.45) is 15.0. The molecule has 1 saturated carbocycles. The second-order valence-corrected chi connectivity index (χ2v) is 25.5. The van der Waals surface area contributed by atoms with Crippen molar-refractivity contribution in [2.45, 2.75) is 171 Å². The van der Waals surface area contributed by atoms with E-state index in [1.165, 1.54) is 89.7 Å². The highest BCUT2D eigenvalue weighted by atomic mass is 32.2. The Morgan fingerprint density at radius 1 is 0.526 bits per heavy atom. The Hall–Kier alpha value is 0.0700. The molecule has 8 rings (SSSR count). The van der Waals surface area contributed by atoms with Gasteiger partial charge in [-0.15, -0.1) is 58.0 Å². The van der Waals surface area contributed by atoms with Crippen molar-refractivity contribution in [1.29, 1.82) is 0 Å². The van der Waals surface area contributed by atoms with E-state index in [0.717, 1.165) is 59.9 Å². The molecule has 0 radical (unpaired) electrons. The fourth-order valence-corrected chi connectivity index (χ4v) is 12.2. The second kappa shape index (κ2) is 30.2. The Balaban J connectivity index is 0.000000338. The number of ether oxygens (including phenoxy) is 3. The van der Waals surface area contributed by atoms with Gasteiger partial charge in [-0.25, -0.2) is 0 Å². The molecule has 5 heterocycles. The molecule has 0 aromatic carbocycles. The van der Waals surface area contributed by atoms with Gasteiger partial charge in [0, 0.05) is 37.2 Å².